The van der Waals surface area contributed by atoms with Gasteiger partial charge in [-0.05, 0) is 31.0 Å². The standard InChI is InChI=1S/C19H19F2N3O5/c20-19(21)29-17-11-13(24(27)28)5-6-15(17)23-9-7-12(8-10-23)18(26)22-14-3-1-2-4-16(14)25/h1-6,11-12,19,25H,7-10H2,(H,22,26). The molecule has 154 valence electrons. The second-order valence-electron chi connectivity index (χ2n) is 6.56. The van der Waals surface area contributed by atoms with Crippen LogP contribution in [0.25, 0.3) is 0 Å². The molecular formula is C19H19F2N3O5. The Labute approximate surface area is 164 Å². The van der Waals surface area contributed by atoms with E-state index in [2.05, 4.69) is 10.1 Å². The molecule has 1 aliphatic rings. The summed E-state index contributed by atoms with van der Waals surface area (Å²) in [5, 5.41) is 23.4. The van der Waals surface area contributed by atoms with Crippen molar-refractivity contribution in [2.24, 2.45) is 5.92 Å². The molecule has 0 aliphatic carbocycles. The summed E-state index contributed by atoms with van der Waals surface area (Å²) in [6.45, 7) is -2.34. The fourth-order valence-electron chi connectivity index (χ4n) is 3.26. The molecule has 0 radical (unpaired) electrons. The van der Waals surface area contributed by atoms with E-state index in [1.165, 1.54) is 18.2 Å². The molecule has 1 saturated heterocycles. The van der Waals surface area contributed by atoms with E-state index in [0.29, 0.717) is 37.3 Å². The summed E-state index contributed by atoms with van der Waals surface area (Å²) >= 11 is 0. The van der Waals surface area contributed by atoms with Gasteiger partial charge in [-0.25, -0.2) is 0 Å². The Bertz CT molecular complexity index is 901. The normalized spacial score (nSPS) is 14.7. The van der Waals surface area contributed by atoms with Gasteiger partial charge in [0.15, 0.2) is 5.75 Å². The molecule has 8 nitrogen and oxygen atoms in total. The first-order valence-corrected chi connectivity index (χ1v) is 8.92. The van der Waals surface area contributed by atoms with Crippen LogP contribution in [0.3, 0.4) is 0 Å². The number of halogens is 2. The zero-order chi connectivity index (χ0) is 21.0. The second-order valence-corrected chi connectivity index (χ2v) is 6.56. The first-order valence-electron chi connectivity index (χ1n) is 8.92. The molecule has 0 bridgehead atoms. The average molecular weight is 407 g/mol. The zero-order valence-electron chi connectivity index (χ0n) is 15.3. The average Bonchev–Trinajstić information content (AvgIpc) is 2.69. The highest BCUT2D eigenvalue weighted by atomic mass is 19.3. The SMILES string of the molecule is O=C(Nc1ccccc1O)C1CCN(c2ccc([N+](=O)[O-])cc2OC(F)F)CC1. The van der Waals surface area contributed by atoms with Gasteiger partial charge in [0.25, 0.3) is 5.69 Å². The number of amides is 1. The van der Waals surface area contributed by atoms with Crippen LogP contribution in [0.15, 0.2) is 42.5 Å². The number of alkyl halides is 2. The minimum atomic E-state index is -3.11. The number of aromatic hydroxyl groups is 1. The molecule has 2 N–H and O–H groups in total. The van der Waals surface area contributed by atoms with Crippen molar-refractivity contribution in [1.82, 2.24) is 0 Å². The van der Waals surface area contributed by atoms with Crippen LogP contribution < -0.4 is 15.0 Å². The third-order valence-electron chi connectivity index (χ3n) is 4.74. The van der Waals surface area contributed by atoms with E-state index < -0.39 is 11.5 Å². The Morgan fingerprint density at radius 1 is 1.24 bits per heavy atom. The van der Waals surface area contributed by atoms with E-state index in [0.717, 1.165) is 6.07 Å². The molecule has 10 heteroatoms. The van der Waals surface area contributed by atoms with Crippen molar-refractivity contribution < 1.29 is 28.3 Å². The highest BCUT2D eigenvalue weighted by molar-refractivity contribution is 5.94. The van der Waals surface area contributed by atoms with Gasteiger partial charge >= 0.3 is 6.61 Å². The quantitative estimate of drug-likeness (QED) is 0.429. The molecule has 0 spiro atoms. The Hall–Kier alpha value is -3.43. The van der Waals surface area contributed by atoms with Crippen LogP contribution in [-0.2, 0) is 4.79 Å². The Balaban J connectivity index is 1.68. The molecule has 1 fully saturated rings. The van der Waals surface area contributed by atoms with Gasteiger partial charge in [-0.3, -0.25) is 14.9 Å². The van der Waals surface area contributed by atoms with E-state index in [1.54, 1.807) is 23.1 Å². The van der Waals surface area contributed by atoms with Gasteiger partial charge < -0.3 is 20.1 Å². The molecule has 2 aromatic rings. The molecule has 3 rings (SSSR count). The van der Waals surface area contributed by atoms with Crippen LogP contribution in [-0.4, -0.2) is 35.6 Å². The summed E-state index contributed by atoms with van der Waals surface area (Å²) in [4.78, 5) is 24.4. The summed E-state index contributed by atoms with van der Waals surface area (Å²) in [5.74, 6) is -0.855. The number of phenols is 1. The lowest BCUT2D eigenvalue weighted by Crippen LogP contribution is -2.38. The number of hydrogen-bond donors (Lipinski definition) is 2. The van der Waals surface area contributed by atoms with Crippen LogP contribution in [0.1, 0.15) is 12.8 Å². The number of ether oxygens (including phenoxy) is 1. The maximum Gasteiger partial charge on any atom is 0.387 e. The molecule has 0 atom stereocenters. The first kappa shape index (κ1) is 20.3. The summed E-state index contributed by atoms with van der Waals surface area (Å²) in [5.41, 5.74) is 0.291. The predicted octanol–water partition coefficient (Wildman–Crippen LogP) is 3.76. The summed E-state index contributed by atoms with van der Waals surface area (Å²) in [6, 6.07) is 9.97. The molecule has 0 saturated carbocycles. The van der Waals surface area contributed by atoms with Crippen molar-refractivity contribution in [3.63, 3.8) is 0 Å². The number of benzene rings is 2. The van der Waals surface area contributed by atoms with E-state index in [-0.39, 0.29) is 29.0 Å². The van der Waals surface area contributed by atoms with Crippen LogP contribution >= 0.6 is 0 Å². The summed E-state index contributed by atoms with van der Waals surface area (Å²) in [7, 11) is 0. The minimum absolute atomic E-state index is 0.0297. The number of carbonyl (C=O) groups is 1. The third-order valence-corrected chi connectivity index (χ3v) is 4.74. The maximum atomic E-state index is 12.7. The zero-order valence-corrected chi connectivity index (χ0v) is 15.3. The van der Waals surface area contributed by atoms with Gasteiger partial charge in [0.2, 0.25) is 5.91 Å². The number of para-hydroxylation sites is 2. The lowest BCUT2D eigenvalue weighted by molar-refractivity contribution is -0.385. The van der Waals surface area contributed by atoms with E-state index >= 15 is 0 Å². The largest absolute Gasteiger partial charge is 0.506 e. The summed E-state index contributed by atoms with van der Waals surface area (Å²) < 4.78 is 29.9. The maximum absolute atomic E-state index is 12.7. The number of non-ortho nitro benzene ring substituents is 1. The minimum Gasteiger partial charge on any atom is -0.506 e. The topological polar surface area (TPSA) is 105 Å². The number of anilines is 2. The molecule has 1 heterocycles. The van der Waals surface area contributed by atoms with Crippen molar-refractivity contribution in [1.29, 1.82) is 0 Å². The number of nitrogens with zero attached hydrogens (tertiary/aromatic N) is 2. The van der Waals surface area contributed by atoms with E-state index in [4.69, 9.17) is 0 Å². The van der Waals surface area contributed by atoms with Crippen molar-refractivity contribution in [3.8, 4) is 11.5 Å². The molecule has 1 aliphatic heterocycles. The number of hydrogen-bond acceptors (Lipinski definition) is 6. The summed E-state index contributed by atoms with van der Waals surface area (Å²) in [6.07, 6.45) is 0.898. The Morgan fingerprint density at radius 3 is 2.55 bits per heavy atom. The number of nitro benzene ring substituents is 1. The Kier molecular flexibility index (Phi) is 6.10. The molecule has 1 amide bonds. The number of nitrogens with one attached hydrogen (secondary N) is 1. The molecule has 29 heavy (non-hydrogen) atoms. The van der Waals surface area contributed by atoms with Crippen LogP contribution in [0.5, 0.6) is 11.5 Å². The number of carbonyl (C=O) groups excluding carboxylic acids is 1. The van der Waals surface area contributed by atoms with E-state index in [1.807, 2.05) is 0 Å². The molecular weight excluding hydrogens is 388 g/mol. The lowest BCUT2D eigenvalue weighted by atomic mass is 9.95. The number of piperidine rings is 1. The molecule has 0 unspecified atom stereocenters. The van der Waals surface area contributed by atoms with Gasteiger partial charge in [0.1, 0.15) is 5.75 Å². The third kappa shape index (κ3) is 4.89. The van der Waals surface area contributed by atoms with E-state index in [9.17, 15) is 28.8 Å². The number of rotatable bonds is 6. The second kappa shape index (κ2) is 8.72. The number of phenolic OH excluding ortho intramolecular Hbond substituents is 1. The van der Waals surface area contributed by atoms with Gasteiger partial charge in [0.05, 0.1) is 22.4 Å². The van der Waals surface area contributed by atoms with Crippen LogP contribution in [0.2, 0.25) is 0 Å². The van der Waals surface area contributed by atoms with Crippen molar-refractivity contribution in [2.45, 2.75) is 19.5 Å². The van der Waals surface area contributed by atoms with Gasteiger partial charge in [-0.1, -0.05) is 12.1 Å². The highest BCUT2D eigenvalue weighted by Crippen LogP contribution is 2.36. The highest BCUT2D eigenvalue weighted by Gasteiger charge is 2.28. The monoisotopic (exact) mass is 407 g/mol. The van der Waals surface area contributed by atoms with Crippen LogP contribution in [0, 0.1) is 16.0 Å². The van der Waals surface area contributed by atoms with Crippen molar-refractivity contribution in [3.05, 3.63) is 52.6 Å². The predicted molar refractivity (Wildman–Crippen MR) is 101 cm³/mol. The fraction of sp³-hybridized carbons (Fsp3) is 0.316. The smallest absolute Gasteiger partial charge is 0.387 e. The Morgan fingerprint density at radius 2 is 1.93 bits per heavy atom. The number of nitro groups is 1. The molecule has 2 aromatic carbocycles. The lowest BCUT2D eigenvalue weighted by Gasteiger charge is -2.33. The van der Waals surface area contributed by atoms with Gasteiger partial charge in [-0.15, -0.1) is 0 Å². The first-order chi connectivity index (χ1) is 13.8. The van der Waals surface area contributed by atoms with Crippen LogP contribution in [0.4, 0.5) is 25.8 Å². The molecule has 0 aromatic heterocycles. The van der Waals surface area contributed by atoms with Crippen molar-refractivity contribution in [2.75, 3.05) is 23.3 Å². The van der Waals surface area contributed by atoms with Crippen molar-refractivity contribution >= 4 is 23.0 Å². The van der Waals surface area contributed by atoms with Gasteiger partial charge in [-0.2, -0.15) is 8.78 Å². The van der Waals surface area contributed by atoms with Gasteiger partial charge in [0, 0.05) is 25.1 Å². The fourth-order valence-corrected chi connectivity index (χ4v) is 3.26.